The molecule has 1 amide bonds. The van der Waals surface area contributed by atoms with Gasteiger partial charge in [0.05, 0.1) is 34.1 Å². The number of nitrogens with zero attached hydrogens (tertiary/aromatic N) is 3. The molecule has 0 radical (unpaired) electrons. The molecule has 4 aromatic heterocycles. The zero-order chi connectivity index (χ0) is 24.4. The minimum Gasteiger partial charge on any atom is -0.463 e. The number of hydrogen-bond donors (Lipinski definition) is 1. The minimum absolute atomic E-state index is 0.215. The number of aromatic nitrogens is 3. The number of fused-ring (bicyclic) bond motifs is 1. The summed E-state index contributed by atoms with van der Waals surface area (Å²) in [6, 6.07) is 14.9. The van der Waals surface area contributed by atoms with Gasteiger partial charge in [-0.2, -0.15) is 0 Å². The molecular formula is C25H17ClN4O5. The first-order chi connectivity index (χ1) is 17.0. The molecule has 0 spiro atoms. The Bertz CT molecular complexity index is 1500. The van der Waals surface area contributed by atoms with Gasteiger partial charge in [-0.25, -0.2) is 19.7 Å². The lowest BCUT2D eigenvalue weighted by molar-refractivity contribution is -0.123. The maximum absolute atomic E-state index is 12.8. The van der Waals surface area contributed by atoms with E-state index in [2.05, 4.69) is 20.3 Å². The van der Waals surface area contributed by atoms with Crippen molar-refractivity contribution in [2.45, 2.75) is 13.0 Å². The summed E-state index contributed by atoms with van der Waals surface area (Å²) in [5.41, 5.74) is 2.18. The van der Waals surface area contributed by atoms with Crippen molar-refractivity contribution >= 4 is 40.3 Å². The first kappa shape index (κ1) is 22.3. The highest BCUT2D eigenvalue weighted by atomic mass is 35.5. The van der Waals surface area contributed by atoms with Crippen molar-refractivity contribution < 1.29 is 23.2 Å². The number of nitrogens with one attached hydrogen (secondary N) is 1. The van der Waals surface area contributed by atoms with Crippen LogP contribution in [0.3, 0.4) is 0 Å². The molecule has 1 unspecified atom stereocenters. The Labute approximate surface area is 203 Å². The summed E-state index contributed by atoms with van der Waals surface area (Å²) in [4.78, 5) is 38.5. The highest BCUT2D eigenvalue weighted by Gasteiger charge is 2.21. The number of carbonyl (C=O) groups is 2. The molecule has 0 fully saturated rings. The highest BCUT2D eigenvalue weighted by molar-refractivity contribution is 6.30. The molecule has 0 saturated carbocycles. The summed E-state index contributed by atoms with van der Waals surface area (Å²) in [5.74, 6) is 0.109. The molecule has 4 heterocycles. The van der Waals surface area contributed by atoms with E-state index in [1.165, 1.54) is 19.4 Å². The van der Waals surface area contributed by atoms with Crippen LogP contribution in [0.1, 0.15) is 17.3 Å². The average molecular weight is 489 g/mol. The lowest BCUT2D eigenvalue weighted by Crippen LogP contribution is -2.30. The largest absolute Gasteiger partial charge is 0.463 e. The molecule has 0 saturated heterocycles. The molecule has 1 aromatic carbocycles. The lowest BCUT2D eigenvalue weighted by Gasteiger charge is -2.13. The highest BCUT2D eigenvalue weighted by Crippen LogP contribution is 2.31. The molecule has 1 N–H and O–H groups in total. The fourth-order valence-electron chi connectivity index (χ4n) is 3.31. The van der Waals surface area contributed by atoms with Crippen LogP contribution < -0.4 is 5.32 Å². The zero-order valence-corrected chi connectivity index (χ0v) is 19.0. The molecule has 0 aliphatic carbocycles. The van der Waals surface area contributed by atoms with E-state index in [0.29, 0.717) is 44.8 Å². The van der Waals surface area contributed by atoms with Gasteiger partial charge in [0, 0.05) is 6.20 Å². The van der Waals surface area contributed by atoms with Gasteiger partial charge in [0.15, 0.2) is 17.6 Å². The van der Waals surface area contributed by atoms with Crippen LogP contribution in [0.15, 0.2) is 82.2 Å². The Kier molecular flexibility index (Phi) is 5.99. The SMILES string of the molecule is CC(OC(=O)c1ccc2nc(-c3ccco3)c(-c3ccco3)nc2c1)C(=O)Nc1ccc(Cl)cn1. The second-order valence-electron chi connectivity index (χ2n) is 7.48. The molecule has 1 atom stereocenters. The monoisotopic (exact) mass is 488 g/mol. The number of anilines is 1. The van der Waals surface area contributed by atoms with E-state index in [1.807, 2.05) is 0 Å². The van der Waals surface area contributed by atoms with Gasteiger partial charge in [0.2, 0.25) is 0 Å². The Hall–Kier alpha value is -4.50. The molecule has 0 aliphatic rings. The van der Waals surface area contributed by atoms with Crippen LogP contribution >= 0.6 is 11.6 Å². The fourth-order valence-corrected chi connectivity index (χ4v) is 3.42. The fraction of sp³-hybridized carbons (Fsp3) is 0.0800. The number of amides is 1. The van der Waals surface area contributed by atoms with Gasteiger partial charge in [-0.1, -0.05) is 11.6 Å². The summed E-state index contributed by atoms with van der Waals surface area (Å²) < 4.78 is 16.4. The van der Waals surface area contributed by atoms with Gasteiger partial charge >= 0.3 is 5.97 Å². The molecule has 174 valence electrons. The molecule has 9 nitrogen and oxygen atoms in total. The van der Waals surface area contributed by atoms with Gasteiger partial charge in [-0.3, -0.25) is 4.79 Å². The third kappa shape index (κ3) is 4.75. The van der Waals surface area contributed by atoms with E-state index < -0.39 is 18.0 Å². The van der Waals surface area contributed by atoms with Crippen LogP contribution in [0.2, 0.25) is 5.02 Å². The van der Waals surface area contributed by atoms with Gasteiger partial charge in [0.25, 0.3) is 5.91 Å². The Morgan fingerprint density at radius 3 is 2.23 bits per heavy atom. The smallest absolute Gasteiger partial charge is 0.338 e. The number of furan rings is 2. The molecular weight excluding hydrogens is 472 g/mol. The van der Waals surface area contributed by atoms with Crippen LogP contribution in [-0.4, -0.2) is 32.9 Å². The van der Waals surface area contributed by atoms with Crippen molar-refractivity contribution in [1.82, 2.24) is 15.0 Å². The van der Waals surface area contributed by atoms with Gasteiger partial charge in [-0.05, 0) is 61.5 Å². The summed E-state index contributed by atoms with van der Waals surface area (Å²) in [7, 11) is 0. The zero-order valence-electron chi connectivity index (χ0n) is 18.3. The number of carbonyl (C=O) groups excluding carboxylic acids is 2. The van der Waals surface area contributed by atoms with E-state index in [0.717, 1.165) is 0 Å². The third-order valence-corrected chi connectivity index (χ3v) is 5.26. The molecule has 5 rings (SSSR count). The van der Waals surface area contributed by atoms with Crippen LogP contribution in [0, 0.1) is 0 Å². The van der Waals surface area contributed by atoms with E-state index in [4.69, 9.17) is 25.2 Å². The number of halogens is 1. The lowest BCUT2D eigenvalue weighted by atomic mass is 10.1. The van der Waals surface area contributed by atoms with Gasteiger partial charge in [0.1, 0.15) is 17.2 Å². The minimum atomic E-state index is -1.07. The topological polar surface area (TPSA) is 120 Å². The summed E-state index contributed by atoms with van der Waals surface area (Å²) in [6.45, 7) is 1.47. The summed E-state index contributed by atoms with van der Waals surface area (Å²) in [5, 5.41) is 3.01. The standard InChI is InChI=1S/C25H17ClN4O5/c1-14(24(31)30-21-9-7-16(26)13-27-21)35-25(32)15-6-8-17-18(12-15)29-23(20-5-3-11-34-20)22(28-17)19-4-2-10-33-19/h2-14H,1H3,(H,27,30,31). The van der Waals surface area contributed by atoms with Crippen molar-refractivity contribution in [2.24, 2.45) is 0 Å². The van der Waals surface area contributed by atoms with E-state index in [1.54, 1.807) is 60.9 Å². The molecule has 0 bridgehead atoms. The Balaban J connectivity index is 1.39. The number of hydrogen-bond acceptors (Lipinski definition) is 8. The van der Waals surface area contributed by atoms with Crippen LogP contribution in [0.5, 0.6) is 0 Å². The van der Waals surface area contributed by atoms with E-state index in [9.17, 15) is 9.59 Å². The Morgan fingerprint density at radius 1 is 0.943 bits per heavy atom. The number of pyridine rings is 1. The number of esters is 1. The van der Waals surface area contributed by atoms with E-state index in [-0.39, 0.29) is 5.56 Å². The van der Waals surface area contributed by atoms with Crippen LogP contribution in [0.4, 0.5) is 5.82 Å². The molecule has 5 aromatic rings. The third-order valence-electron chi connectivity index (χ3n) is 5.04. The van der Waals surface area contributed by atoms with Gasteiger partial charge in [-0.15, -0.1) is 0 Å². The van der Waals surface area contributed by atoms with Crippen molar-refractivity contribution in [2.75, 3.05) is 5.32 Å². The predicted octanol–water partition coefficient (Wildman–Crippen LogP) is 5.38. The normalized spacial score (nSPS) is 11.8. The summed E-state index contributed by atoms with van der Waals surface area (Å²) >= 11 is 5.80. The maximum atomic E-state index is 12.8. The molecule has 0 aliphatic heterocycles. The van der Waals surface area contributed by atoms with Crippen LogP contribution in [-0.2, 0) is 9.53 Å². The van der Waals surface area contributed by atoms with Gasteiger partial charge < -0.3 is 18.9 Å². The first-order valence-electron chi connectivity index (χ1n) is 10.5. The molecule has 10 heteroatoms. The van der Waals surface area contributed by atoms with E-state index >= 15 is 0 Å². The van der Waals surface area contributed by atoms with Crippen molar-refractivity contribution in [1.29, 1.82) is 0 Å². The maximum Gasteiger partial charge on any atom is 0.338 e. The first-order valence-corrected chi connectivity index (χ1v) is 10.9. The quantitative estimate of drug-likeness (QED) is 0.316. The second-order valence-corrected chi connectivity index (χ2v) is 7.91. The number of ether oxygens (including phenoxy) is 1. The second kappa shape index (κ2) is 9.40. The van der Waals surface area contributed by atoms with Crippen molar-refractivity contribution in [3.05, 3.63) is 83.9 Å². The Morgan fingerprint density at radius 2 is 1.63 bits per heavy atom. The van der Waals surface area contributed by atoms with Crippen molar-refractivity contribution in [3.63, 3.8) is 0 Å². The number of rotatable bonds is 6. The predicted molar refractivity (Wildman–Crippen MR) is 128 cm³/mol. The van der Waals surface area contributed by atoms with Crippen molar-refractivity contribution in [3.8, 4) is 22.9 Å². The van der Waals surface area contributed by atoms with Crippen LogP contribution in [0.25, 0.3) is 33.9 Å². The number of benzene rings is 1. The summed E-state index contributed by atoms with van der Waals surface area (Å²) in [6.07, 6.45) is 3.42. The average Bonchev–Trinajstić information content (AvgIpc) is 3.59. The molecule has 35 heavy (non-hydrogen) atoms.